The molecule has 2 fully saturated rings. The lowest BCUT2D eigenvalue weighted by Crippen LogP contribution is -2.47. The molecule has 1 amide bonds. The molecule has 2 N–H and O–H groups in total. The second-order valence-electron chi connectivity index (χ2n) is 8.50. The van der Waals surface area contributed by atoms with Crippen molar-refractivity contribution < 1.29 is 4.79 Å². The van der Waals surface area contributed by atoms with Crippen molar-refractivity contribution in [2.75, 3.05) is 32.7 Å². The number of rotatable bonds is 5. The average Bonchev–Trinajstić information content (AvgIpc) is 2.69. The van der Waals surface area contributed by atoms with Gasteiger partial charge in [0.05, 0.1) is 5.92 Å². The largest absolute Gasteiger partial charge is 0.342 e. The fourth-order valence-electron chi connectivity index (χ4n) is 4.43. The van der Waals surface area contributed by atoms with Gasteiger partial charge in [0.15, 0.2) is 0 Å². The summed E-state index contributed by atoms with van der Waals surface area (Å²) in [6, 6.07) is 9.77. The van der Waals surface area contributed by atoms with Crippen LogP contribution >= 0.6 is 0 Å². The number of carbonyl (C=O) groups excluding carboxylic acids is 1. The minimum atomic E-state index is -0.229. The highest BCUT2D eigenvalue weighted by Gasteiger charge is 2.31. The third-order valence-corrected chi connectivity index (χ3v) is 6.34. The predicted molar refractivity (Wildman–Crippen MR) is 107 cm³/mol. The number of carbonyl (C=O) groups is 1. The maximum Gasteiger partial charge on any atom is 0.227 e. The van der Waals surface area contributed by atoms with Gasteiger partial charge in [0.1, 0.15) is 0 Å². The normalized spacial score (nSPS) is 25.0. The highest BCUT2D eigenvalue weighted by atomic mass is 16.2. The molecule has 1 aromatic carbocycles. The molecule has 0 saturated carbocycles. The zero-order valence-corrected chi connectivity index (χ0v) is 16.4. The Bertz CT molecular complexity index is 568. The fourth-order valence-corrected chi connectivity index (χ4v) is 4.43. The van der Waals surface area contributed by atoms with E-state index in [0.717, 1.165) is 37.5 Å². The monoisotopic (exact) mass is 357 g/mol. The zero-order chi connectivity index (χ0) is 18.5. The Hall–Kier alpha value is -1.39. The van der Waals surface area contributed by atoms with Crippen LogP contribution in [0.2, 0.25) is 0 Å². The van der Waals surface area contributed by atoms with Crippen molar-refractivity contribution in [1.29, 1.82) is 0 Å². The number of nitrogens with two attached hydrogens (primary N) is 1. The standard InChI is InChI=1S/C22H35N3O/c1-17-10-13-24(14-11-17)15-19-7-6-12-25(16-19)22(26)18(2)21(23)20-8-4-3-5-9-20/h3-5,8-9,17-19,21H,6-7,10-16,23H2,1-2H3. The number of hydrogen-bond acceptors (Lipinski definition) is 3. The van der Waals surface area contributed by atoms with Gasteiger partial charge in [0.25, 0.3) is 0 Å². The first-order valence-electron chi connectivity index (χ1n) is 10.4. The molecule has 0 bridgehead atoms. The summed E-state index contributed by atoms with van der Waals surface area (Å²) in [6.45, 7) is 9.72. The van der Waals surface area contributed by atoms with Gasteiger partial charge in [-0.3, -0.25) is 4.79 Å². The van der Waals surface area contributed by atoms with Crippen LogP contribution < -0.4 is 5.73 Å². The summed E-state index contributed by atoms with van der Waals surface area (Å²) in [7, 11) is 0. The Balaban J connectivity index is 1.54. The van der Waals surface area contributed by atoms with E-state index in [-0.39, 0.29) is 17.9 Å². The van der Waals surface area contributed by atoms with E-state index in [9.17, 15) is 4.79 Å². The van der Waals surface area contributed by atoms with Gasteiger partial charge in [-0.15, -0.1) is 0 Å². The molecule has 3 unspecified atom stereocenters. The Morgan fingerprint density at radius 1 is 1.15 bits per heavy atom. The maximum absolute atomic E-state index is 13.0. The van der Waals surface area contributed by atoms with E-state index < -0.39 is 0 Å². The van der Waals surface area contributed by atoms with Gasteiger partial charge >= 0.3 is 0 Å². The lowest BCUT2D eigenvalue weighted by molar-refractivity contribution is -0.137. The van der Waals surface area contributed by atoms with Gasteiger partial charge in [-0.1, -0.05) is 44.2 Å². The van der Waals surface area contributed by atoms with E-state index in [4.69, 9.17) is 5.73 Å². The number of benzene rings is 1. The van der Waals surface area contributed by atoms with Crippen molar-refractivity contribution >= 4 is 5.91 Å². The second kappa shape index (κ2) is 9.01. The summed E-state index contributed by atoms with van der Waals surface area (Å²) in [5.74, 6) is 1.53. The molecule has 1 aromatic rings. The number of nitrogens with zero attached hydrogens (tertiary/aromatic N) is 2. The van der Waals surface area contributed by atoms with Crippen LogP contribution in [0.5, 0.6) is 0 Å². The second-order valence-corrected chi connectivity index (χ2v) is 8.50. The molecular formula is C22H35N3O. The molecule has 0 spiro atoms. The first-order chi connectivity index (χ1) is 12.5. The van der Waals surface area contributed by atoms with Crippen molar-refractivity contribution in [3.8, 4) is 0 Å². The van der Waals surface area contributed by atoms with Crippen molar-refractivity contribution in [2.45, 2.75) is 45.6 Å². The third kappa shape index (κ3) is 4.86. The zero-order valence-electron chi connectivity index (χ0n) is 16.4. The van der Waals surface area contributed by atoms with Crippen LogP contribution in [0.4, 0.5) is 0 Å². The van der Waals surface area contributed by atoms with Crippen LogP contribution in [0.15, 0.2) is 30.3 Å². The van der Waals surface area contributed by atoms with E-state index in [1.165, 1.54) is 32.4 Å². The van der Waals surface area contributed by atoms with Crippen molar-refractivity contribution in [1.82, 2.24) is 9.80 Å². The molecule has 2 aliphatic heterocycles. The summed E-state index contributed by atoms with van der Waals surface area (Å²) >= 11 is 0. The van der Waals surface area contributed by atoms with Crippen molar-refractivity contribution in [2.24, 2.45) is 23.5 Å². The first kappa shape index (κ1) is 19.4. The SMILES string of the molecule is CC1CCN(CC2CCCN(C(=O)C(C)C(N)c3ccccc3)C2)CC1. The summed E-state index contributed by atoms with van der Waals surface area (Å²) in [5.41, 5.74) is 7.43. The summed E-state index contributed by atoms with van der Waals surface area (Å²) in [5, 5.41) is 0. The van der Waals surface area contributed by atoms with Crippen molar-refractivity contribution in [3.05, 3.63) is 35.9 Å². The van der Waals surface area contributed by atoms with Gasteiger partial charge in [-0.2, -0.15) is 0 Å². The predicted octanol–water partition coefficient (Wildman–Crippen LogP) is 3.29. The molecule has 0 aliphatic carbocycles. The number of piperidine rings is 2. The Labute approximate surface area is 158 Å². The minimum absolute atomic E-state index is 0.174. The molecule has 26 heavy (non-hydrogen) atoms. The molecule has 4 heteroatoms. The smallest absolute Gasteiger partial charge is 0.227 e. The van der Waals surface area contributed by atoms with Crippen LogP contribution in [0, 0.1) is 17.8 Å². The topological polar surface area (TPSA) is 49.6 Å². The lowest BCUT2D eigenvalue weighted by atomic mass is 9.91. The molecule has 4 nitrogen and oxygen atoms in total. The molecule has 2 heterocycles. The molecule has 0 aromatic heterocycles. The summed E-state index contributed by atoms with van der Waals surface area (Å²) in [4.78, 5) is 17.7. The van der Waals surface area contributed by atoms with E-state index in [1.807, 2.05) is 37.3 Å². The van der Waals surface area contributed by atoms with Crippen LogP contribution in [0.1, 0.15) is 51.1 Å². The number of hydrogen-bond donors (Lipinski definition) is 1. The molecule has 2 saturated heterocycles. The van der Waals surface area contributed by atoms with Gasteiger partial charge in [-0.05, 0) is 56.2 Å². The Morgan fingerprint density at radius 3 is 2.54 bits per heavy atom. The van der Waals surface area contributed by atoms with Crippen LogP contribution in [-0.4, -0.2) is 48.4 Å². The van der Waals surface area contributed by atoms with Crippen LogP contribution in [-0.2, 0) is 4.79 Å². The molecule has 0 radical (unpaired) electrons. The Kier molecular flexibility index (Phi) is 6.71. The summed E-state index contributed by atoms with van der Waals surface area (Å²) in [6.07, 6.45) is 5.00. The van der Waals surface area contributed by atoms with Gasteiger partial charge in [0, 0.05) is 25.7 Å². The maximum atomic E-state index is 13.0. The molecule has 3 atom stereocenters. The van der Waals surface area contributed by atoms with Crippen molar-refractivity contribution in [3.63, 3.8) is 0 Å². The molecule has 2 aliphatic rings. The average molecular weight is 358 g/mol. The molecule has 144 valence electrons. The van der Waals surface area contributed by atoms with E-state index in [2.05, 4.69) is 16.7 Å². The highest BCUT2D eigenvalue weighted by Crippen LogP contribution is 2.26. The first-order valence-corrected chi connectivity index (χ1v) is 10.4. The highest BCUT2D eigenvalue weighted by molar-refractivity contribution is 5.79. The van der Waals surface area contributed by atoms with Gasteiger partial charge in [-0.25, -0.2) is 0 Å². The van der Waals surface area contributed by atoms with E-state index in [0.29, 0.717) is 5.92 Å². The Morgan fingerprint density at radius 2 is 1.85 bits per heavy atom. The lowest BCUT2D eigenvalue weighted by Gasteiger charge is -2.39. The number of amides is 1. The number of likely N-dealkylation sites (tertiary alicyclic amines) is 2. The quantitative estimate of drug-likeness (QED) is 0.880. The van der Waals surface area contributed by atoms with Gasteiger partial charge in [0.2, 0.25) is 5.91 Å². The van der Waals surface area contributed by atoms with Crippen LogP contribution in [0.3, 0.4) is 0 Å². The van der Waals surface area contributed by atoms with E-state index >= 15 is 0 Å². The van der Waals surface area contributed by atoms with E-state index in [1.54, 1.807) is 0 Å². The fraction of sp³-hybridized carbons (Fsp3) is 0.682. The third-order valence-electron chi connectivity index (χ3n) is 6.34. The molecular weight excluding hydrogens is 322 g/mol. The molecule has 3 rings (SSSR count). The summed E-state index contributed by atoms with van der Waals surface area (Å²) < 4.78 is 0. The van der Waals surface area contributed by atoms with Crippen LogP contribution in [0.25, 0.3) is 0 Å². The van der Waals surface area contributed by atoms with Gasteiger partial charge < -0.3 is 15.5 Å². The minimum Gasteiger partial charge on any atom is -0.342 e.